The maximum Gasteiger partial charge on any atom is 0.405 e. The number of nitriles is 2. The fraction of sp³-hybridized carbons (Fsp3) is 0.375. The number of nitrogens with zero attached hydrogens (tertiary/aromatic N) is 4. The van der Waals surface area contributed by atoms with Crippen LogP contribution in [0.4, 0.5) is 10.6 Å². The number of carbonyl (C=O) groups excluding carboxylic acids is 2. The third kappa shape index (κ3) is 6.18. The van der Waals surface area contributed by atoms with Crippen molar-refractivity contribution in [3.63, 3.8) is 0 Å². The molecule has 1 aromatic heterocycles. The zero-order chi connectivity index (χ0) is 24.5. The third-order valence-corrected chi connectivity index (χ3v) is 6.60. The van der Waals surface area contributed by atoms with Gasteiger partial charge in [0.25, 0.3) is 5.91 Å². The number of ether oxygens (including phenoxy) is 1. The maximum atomic E-state index is 11.9. The minimum Gasteiger partial charge on any atom is -0.440 e. The summed E-state index contributed by atoms with van der Waals surface area (Å²) in [7, 11) is 0. The molecule has 0 spiro atoms. The fourth-order valence-electron chi connectivity index (χ4n) is 3.88. The Hall–Kier alpha value is -3.76. The molecule has 0 bridgehead atoms. The van der Waals surface area contributed by atoms with Crippen LogP contribution in [0.15, 0.2) is 35.4 Å². The second kappa shape index (κ2) is 11.9. The molecule has 2 heterocycles. The van der Waals surface area contributed by atoms with Gasteiger partial charge in [0.05, 0.1) is 11.1 Å². The normalized spacial score (nSPS) is 13.6. The van der Waals surface area contributed by atoms with Gasteiger partial charge >= 0.3 is 6.09 Å². The van der Waals surface area contributed by atoms with Crippen molar-refractivity contribution in [2.24, 2.45) is 5.73 Å². The molecule has 0 radical (unpaired) electrons. The lowest BCUT2D eigenvalue weighted by Gasteiger charge is -2.34. The number of primary amides is 1. The molecule has 0 aliphatic carbocycles. The van der Waals surface area contributed by atoms with Gasteiger partial charge in [-0.1, -0.05) is 37.3 Å². The van der Waals surface area contributed by atoms with Crippen LogP contribution in [0.25, 0.3) is 0 Å². The number of benzene rings is 1. The highest BCUT2D eigenvalue weighted by Gasteiger charge is 2.27. The molecule has 1 fully saturated rings. The molecule has 2 amide bonds. The van der Waals surface area contributed by atoms with E-state index in [4.69, 9.17) is 10.7 Å². The molecule has 1 aliphatic heterocycles. The number of hydrogen-bond acceptors (Lipinski definition) is 8. The number of anilines is 1. The molecular formula is C24H26N6O3S. The first-order valence-corrected chi connectivity index (χ1v) is 12.0. The molecule has 3 N–H and O–H groups in total. The molecule has 0 unspecified atom stereocenters. The topological polar surface area (TPSA) is 145 Å². The minimum atomic E-state index is -0.992. The first kappa shape index (κ1) is 24.9. The quantitative estimate of drug-likeness (QED) is 0.551. The molecule has 1 aliphatic rings. The molecule has 176 valence electrons. The summed E-state index contributed by atoms with van der Waals surface area (Å²) in [6, 6.07) is 14.4. The first-order valence-electron chi connectivity index (χ1n) is 11.0. The van der Waals surface area contributed by atoms with Crippen molar-refractivity contribution >= 4 is 29.6 Å². The minimum absolute atomic E-state index is 0.0817. The van der Waals surface area contributed by atoms with E-state index in [0.717, 1.165) is 5.56 Å². The van der Waals surface area contributed by atoms with Gasteiger partial charge in [0.2, 0.25) is 0 Å². The van der Waals surface area contributed by atoms with Gasteiger partial charge in [0, 0.05) is 24.9 Å². The van der Waals surface area contributed by atoms with Gasteiger partial charge in [-0.05, 0) is 30.4 Å². The van der Waals surface area contributed by atoms with Crippen LogP contribution in [-0.2, 0) is 21.7 Å². The van der Waals surface area contributed by atoms with Crippen LogP contribution in [0, 0.1) is 22.7 Å². The van der Waals surface area contributed by atoms with E-state index < -0.39 is 18.6 Å². The maximum absolute atomic E-state index is 11.9. The van der Waals surface area contributed by atoms with Gasteiger partial charge in [0.1, 0.15) is 23.0 Å². The summed E-state index contributed by atoms with van der Waals surface area (Å²) in [6.07, 6.45) is 0.839. The number of hydrogen-bond donors (Lipinski definition) is 2. The number of carbonyl (C=O) groups is 2. The Balaban J connectivity index is 1.78. The predicted molar refractivity (Wildman–Crippen MR) is 128 cm³/mol. The second-order valence-electron chi connectivity index (χ2n) is 7.76. The van der Waals surface area contributed by atoms with Crippen LogP contribution in [-0.4, -0.2) is 42.7 Å². The highest BCUT2D eigenvalue weighted by molar-refractivity contribution is 7.98. The summed E-state index contributed by atoms with van der Waals surface area (Å²) in [5.74, 6) is 0.841. The smallest absolute Gasteiger partial charge is 0.405 e. The Kier molecular flexibility index (Phi) is 8.72. The fourth-order valence-corrected chi connectivity index (χ4v) is 4.84. The van der Waals surface area contributed by atoms with Crippen LogP contribution >= 0.6 is 11.8 Å². The first-order chi connectivity index (χ1) is 16.5. The number of piperidine rings is 1. The standard InChI is InChI=1S/C24H26N6O3S/c1-2-18-19(12-25)22(29-23(20(18)13-26)34-15-16-6-4-3-5-7-16)30-10-8-17(9-11-30)28-21(31)14-33-24(27)32/h3-7,17H,2,8-11,14-15H2,1H3,(H2,27,32)(H,28,31). The molecule has 2 aromatic rings. The average Bonchev–Trinajstić information content (AvgIpc) is 2.86. The van der Waals surface area contributed by atoms with Crippen LogP contribution in [0.1, 0.15) is 42.0 Å². The van der Waals surface area contributed by atoms with Gasteiger partial charge in [-0.25, -0.2) is 9.78 Å². The predicted octanol–water partition coefficient (Wildman–Crippen LogP) is 2.86. The molecule has 1 saturated heterocycles. The van der Waals surface area contributed by atoms with Gasteiger partial charge in [-0.15, -0.1) is 11.8 Å². The molecule has 9 nitrogen and oxygen atoms in total. The number of rotatable bonds is 8. The largest absolute Gasteiger partial charge is 0.440 e. The summed E-state index contributed by atoms with van der Waals surface area (Å²) in [4.78, 5) is 29.4. The Morgan fingerprint density at radius 2 is 1.88 bits per heavy atom. The zero-order valence-electron chi connectivity index (χ0n) is 18.9. The second-order valence-corrected chi connectivity index (χ2v) is 8.72. The Morgan fingerprint density at radius 3 is 2.47 bits per heavy atom. The zero-order valence-corrected chi connectivity index (χ0v) is 19.7. The van der Waals surface area contributed by atoms with Crippen LogP contribution in [0.2, 0.25) is 0 Å². The Bertz CT molecular complexity index is 1120. The number of aromatic nitrogens is 1. The van der Waals surface area contributed by atoms with Crippen molar-refractivity contribution in [2.75, 3.05) is 24.6 Å². The number of amides is 2. The van der Waals surface area contributed by atoms with E-state index in [2.05, 4.69) is 22.2 Å². The van der Waals surface area contributed by atoms with Gasteiger partial charge in [-0.3, -0.25) is 4.79 Å². The van der Waals surface area contributed by atoms with Crippen molar-refractivity contribution in [1.29, 1.82) is 10.5 Å². The number of nitrogens with two attached hydrogens (primary N) is 1. The highest BCUT2D eigenvalue weighted by atomic mass is 32.2. The number of pyridine rings is 1. The molecular weight excluding hydrogens is 452 g/mol. The van der Waals surface area contributed by atoms with E-state index in [1.54, 1.807) is 0 Å². The van der Waals surface area contributed by atoms with Crippen molar-refractivity contribution in [3.05, 3.63) is 52.6 Å². The summed E-state index contributed by atoms with van der Waals surface area (Å²) < 4.78 is 4.52. The van der Waals surface area contributed by atoms with E-state index in [-0.39, 0.29) is 6.04 Å². The van der Waals surface area contributed by atoms with Crippen molar-refractivity contribution in [2.45, 2.75) is 43.0 Å². The van der Waals surface area contributed by atoms with Gasteiger partial charge < -0.3 is 20.7 Å². The Labute approximate surface area is 202 Å². The Morgan fingerprint density at radius 1 is 1.21 bits per heavy atom. The molecule has 3 rings (SSSR count). The summed E-state index contributed by atoms with van der Waals surface area (Å²) in [5.41, 5.74) is 7.62. The molecule has 10 heteroatoms. The summed E-state index contributed by atoms with van der Waals surface area (Å²) in [5, 5.41) is 23.2. The average molecular weight is 479 g/mol. The number of nitrogens with one attached hydrogen (secondary N) is 1. The third-order valence-electron chi connectivity index (χ3n) is 5.55. The van der Waals surface area contributed by atoms with E-state index in [0.29, 0.717) is 65.6 Å². The molecule has 1 aromatic carbocycles. The van der Waals surface area contributed by atoms with Crippen LogP contribution < -0.4 is 16.0 Å². The van der Waals surface area contributed by atoms with Crippen LogP contribution in [0.3, 0.4) is 0 Å². The monoisotopic (exact) mass is 478 g/mol. The van der Waals surface area contributed by atoms with E-state index in [1.165, 1.54) is 11.8 Å². The molecule has 0 atom stereocenters. The number of thioether (sulfide) groups is 1. The van der Waals surface area contributed by atoms with Gasteiger partial charge in [-0.2, -0.15) is 10.5 Å². The van der Waals surface area contributed by atoms with Crippen molar-refractivity contribution < 1.29 is 14.3 Å². The van der Waals surface area contributed by atoms with Crippen LogP contribution in [0.5, 0.6) is 0 Å². The molecule has 34 heavy (non-hydrogen) atoms. The van der Waals surface area contributed by atoms with E-state index >= 15 is 0 Å². The summed E-state index contributed by atoms with van der Waals surface area (Å²) >= 11 is 1.49. The highest BCUT2D eigenvalue weighted by Crippen LogP contribution is 2.34. The SMILES string of the molecule is CCc1c(C#N)c(SCc2ccccc2)nc(N2CCC(NC(=O)COC(N)=O)CC2)c1C#N. The lowest BCUT2D eigenvalue weighted by Crippen LogP contribution is -2.46. The summed E-state index contributed by atoms with van der Waals surface area (Å²) in [6.45, 7) is 2.69. The van der Waals surface area contributed by atoms with Crippen molar-refractivity contribution in [1.82, 2.24) is 10.3 Å². The van der Waals surface area contributed by atoms with Gasteiger partial charge in [0.15, 0.2) is 6.61 Å². The van der Waals surface area contributed by atoms with Crippen molar-refractivity contribution in [3.8, 4) is 12.1 Å². The van der Waals surface area contributed by atoms with E-state index in [1.807, 2.05) is 42.2 Å². The van der Waals surface area contributed by atoms with E-state index in [9.17, 15) is 20.1 Å². The lowest BCUT2D eigenvalue weighted by molar-refractivity contribution is -0.124. The molecule has 0 saturated carbocycles. The lowest BCUT2D eigenvalue weighted by atomic mass is 10.00.